The van der Waals surface area contributed by atoms with Crippen molar-refractivity contribution in [3.63, 3.8) is 0 Å². The van der Waals surface area contributed by atoms with Gasteiger partial charge in [0, 0.05) is 11.1 Å². The Kier molecular flexibility index (Phi) is 2.97. The molecule has 0 fully saturated rings. The molecule has 2 aliphatic rings. The number of allylic oxidation sites excluding steroid dienone is 3. The van der Waals surface area contributed by atoms with E-state index in [2.05, 4.69) is 72.8 Å². The first kappa shape index (κ1) is 12.2. The minimum absolute atomic E-state index is 0.0450. The van der Waals surface area contributed by atoms with Crippen LogP contribution in [-0.2, 0) is 6.42 Å². The van der Waals surface area contributed by atoms with Gasteiger partial charge >= 0.3 is 0 Å². The summed E-state index contributed by atoms with van der Waals surface area (Å²) in [6.45, 7) is 0. The predicted molar refractivity (Wildman–Crippen MR) is 86.2 cm³/mol. The maximum Gasteiger partial charge on any atom is 0.143 e. The molecule has 102 valence electrons. The second-order valence-corrected chi connectivity index (χ2v) is 5.37. The van der Waals surface area contributed by atoms with Crippen molar-refractivity contribution in [1.82, 2.24) is 0 Å². The summed E-state index contributed by atoms with van der Waals surface area (Å²) < 4.78 is 6.11. The molecule has 0 amide bonds. The number of ether oxygens (including phenoxy) is 1. The van der Waals surface area contributed by atoms with Crippen LogP contribution < -0.4 is 4.74 Å². The molecule has 21 heavy (non-hydrogen) atoms. The first-order chi connectivity index (χ1) is 10.4. The summed E-state index contributed by atoms with van der Waals surface area (Å²) in [6, 6.07) is 19.0. The van der Waals surface area contributed by atoms with Crippen molar-refractivity contribution in [3.8, 4) is 5.75 Å². The highest BCUT2D eigenvalue weighted by Crippen LogP contribution is 2.39. The van der Waals surface area contributed by atoms with Gasteiger partial charge in [-0.3, -0.25) is 0 Å². The summed E-state index contributed by atoms with van der Waals surface area (Å²) in [5.74, 6) is 0.983. The quantitative estimate of drug-likeness (QED) is 0.778. The molecule has 0 aromatic heterocycles. The van der Waals surface area contributed by atoms with Gasteiger partial charge in [-0.2, -0.15) is 0 Å². The second kappa shape index (κ2) is 5.10. The third-order valence-corrected chi connectivity index (χ3v) is 4.02. The zero-order valence-electron chi connectivity index (χ0n) is 11.7. The molecule has 0 radical (unpaired) electrons. The molecule has 1 aliphatic carbocycles. The summed E-state index contributed by atoms with van der Waals surface area (Å²) in [6.07, 6.45) is 9.43. The van der Waals surface area contributed by atoms with Crippen LogP contribution in [0.5, 0.6) is 5.75 Å². The van der Waals surface area contributed by atoms with Crippen LogP contribution in [0, 0.1) is 0 Å². The molecule has 0 bridgehead atoms. The van der Waals surface area contributed by atoms with Crippen molar-refractivity contribution in [3.05, 3.63) is 95.6 Å². The van der Waals surface area contributed by atoms with Crippen LogP contribution >= 0.6 is 0 Å². The topological polar surface area (TPSA) is 9.23 Å². The van der Waals surface area contributed by atoms with Gasteiger partial charge in [0.25, 0.3) is 0 Å². The third-order valence-electron chi connectivity index (χ3n) is 4.02. The molecule has 0 spiro atoms. The van der Waals surface area contributed by atoms with Crippen LogP contribution in [-0.4, -0.2) is 6.10 Å². The second-order valence-electron chi connectivity index (χ2n) is 5.37. The lowest BCUT2D eigenvalue weighted by Gasteiger charge is -2.29. The normalized spacial score (nSPS) is 19.0. The number of hydrogen-bond donors (Lipinski definition) is 0. The lowest BCUT2D eigenvalue weighted by molar-refractivity contribution is 0.281. The number of benzene rings is 2. The highest BCUT2D eigenvalue weighted by atomic mass is 16.5. The minimum Gasteiger partial charge on any atom is -0.481 e. The molecular formula is C20H16O. The first-order valence-electron chi connectivity index (χ1n) is 7.30. The molecule has 2 aromatic carbocycles. The van der Waals surface area contributed by atoms with Gasteiger partial charge in [0.1, 0.15) is 11.9 Å². The van der Waals surface area contributed by atoms with E-state index in [0.29, 0.717) is 0 Å². The minimum atomic E-state index is 0.0450. The summed E-state index contributed by atoms with van der Waals surface area (Å²) in [5.41, 5.74) is 5.19. The maximum atomic E-state index is 6.11. The van der Waals surface area contributed by atoms with Gasteiger partial charge in [-0.1, -0.05) is 66.8 Å². The van der Waals surface area contributed by atoms with Crippen LogP contribution in [0.2, 0.25) is 0 Å². The fraction of sp³-hybridized carbons (Fsp3) is 0.100. The fourth-order valence-electron chi connectivity index (χ4n) is 3.01. The van der Waals surface area contributed by atoms with E-state index in [1.165, 1.54) is 22.3 Å². The van der Waals surface area contributed by atoms with Crippen molar-refractivity contribution < 1.29 is 4.74 Å². The van der Waals surface area contributed by atoms with E-state index >= 15 is 0 Å². The van der Waals surface area contributed by atoms with E-state index in [1.54, 1.807) is 0 Å². The van der Waals surface area contributed by atoms with Crippen molar-refractivity contribution >= 4 is 5.57 Å². The van der Waals surface area contributed by atoms with Crippen molar-refractivity contribution in [2.45, 2.75) is 12.5 Å². The van der Waals surface area contributed by atoms with E-state index in [4.69, 9.17) is 4.74 Å². The molecule has 1 atom stereocenters. The summed E-state index contributed by atoms with van der Waals surface area (Å²) in [4.78, 5) is 0. The van der Waals surface area contributed by atoms with Crippen LogP contribution in [0.1, 0.15) is 11.1 Å². The first-order valence-corrected chi connectivity index (χ1v) is 7.30. The molecule has 1 heterocycles. The maximum absolute atomic E-state index is 6.11. The summed E-state index contributed by atoms with van der Waals surface area (Å²) >= 11 is 0. The molecule has 1 heteroatoms. The van der Waals surface area contributed by atoms with Crippen LogP contribution in [0.25, 0.3) is 5.57 Å². The van der Waals surface area contributed by atoms with Crippen LogP contribution in [0.3, 0.4) is 0 Å². The van der Waals surface area contributed by atoms with Crippen molar-refractivity contribution in [2.24, 2.45) is 0 Å². The Morgan fingerprint density at radius 2 is 1.67 bits per heavy atom. The molecule has 0 saturated heterocycles. The van der Waals surface area contributed by atoms with E-state index in [0.717, 1.165) is 12.2 Å². The van der Waals surface area contributed by atoms with Gasteiger partial charge in [0.2, 0.25) is 0 Å². The Labute approximate surface area is 124 Å². The molecule has 0 saturated carbocycles. The zero-order chi connectivity index (χ0) is 14.1. The lowest BCUT2D eigenvalue weighted by Crippen LogP contribution is -2.23. The van der Waals surface area contributed by atoms with Gasteiger partial charge < -0.3 is 4.74 Å². The van der Waals surface area contributed by atoms with E-state index in [-0.39, 0.29) is 6.10 Å². The molecule has 0 N–H and O–H groups in total. The average molecular weight is 272 g/mol. The summed E-state index contributed by atoms with van der Waals surface area (Å²) in [5, 5.41) is 0. The van der Waals surface area contributed by atoms with Gasteiger partial charge in [-0.15, -0.1) is 0 Å². The Hall–Kier alpha value is -2.54. The van der Waals surface area contributed by atoms with Gasteiger partial charge in [-0.05, 0) is 29.7 Å². The fourth-order valence-corrected chi connectivity index (χ4v) is 3.01. The van der Waals surface area contributed by atoms with E-state index < -0.39 is 0 Å². The standard InChI is InChI=1S/C20H16O/c1-2-8-15(9-3-1)14-18-16-10-4-6-12-19(16)21-20-13-7-5-11-17(18)20/h1-13,19H,14H2. The van der Waals surface area contributed by atoms with Crippen molar-refractivity contribution in [2.75, 3.05) is 0 Å². The third kappa shape index (κ3) is 2.21. The number of hydrogen-bond acceptors (Lipinski definition) is 1. The zero-order valence-corrected chi connectivity index (χ0v) is 11.7. The van der Waals surface area contributed by atoms with Gasteiger partial charge in [0.05, 0.1) is 0 Å². The average Bonchev–Trinajstić information content (AvgIpc) is 2.55. The summed E-state index contributed by atoms with van der Waals surface area (Å²) in [7, 11) is 0. The lowest BCUT2D eigenvalue weighted by atomic mass is 9.87. The SMILES string of the molecule is C1=CC2=C(Cc3ccccc3)c3ccccc3OC2C=C1. The van der Waals surface area contributed by atoms with E-state index in [9.17, 15) is 0 Å². The molecule has 1 unspecified atom stereocenters. The largest absolute Gasteiger partial charge is 0.481 e. The Bertz CT molecular complexity index is 750. The highest BCUT2D eigenvalue weighted by Gasteiger charge is 2.26. The smallest absolute Gasteiger partial charge is 0.143 e. The molecule has 1 nitrogen and oxygen atoms in total. The van der Waals surface area contributed by atoms with Crippen molar-refractivity contribution in [1.29, 1.82) is 0 Å². The predicted octanol–water partition coefficient (Wildman–Crippen LogP) is 4.57. The molecule has 1 aliphatic heterocycles. The molecular weight excluding hydrogens is 256 g/mol. The monoisotopic (exact) mass is 272 g/mol. The van der Waals surface area contributed by atoms with E-state index in [1.807, 2.05) is 6.07 Å². The number of fused-ring (bicyclic) bond motifs is 2. The Morgan fingerprint density at radius 1 is 0.857 bits per heavy atom. The number of rotatable bonds is 2. The van der Waals surface area contributed by atoms with Crippen LogP contribution in [0.4, 0.5) is 0 Å². The van der Waals surface area contributed by atoms with Crippen LogP contribution in [0.15, 0.2) is 84.5 Å². The Balaban J connectivity index is 1.85. The van der Waals surface area contributed by atoms with Gasteiger partial charge in [-0.25, -0.2) is 0 Å². The molecule has 4 rings (SSSR count). The Morgan fingerprint density at radius 3 is 2.57 bits per heavy atom. The molecule has 2 aromatic rings. The van der Waals surface area contributed by atoms with Gasteiger partial charge in [0.15, 0.2) is 0 Å². The highest BCUT2D eigenvalue weighted by molar-refractivity contribution is 5.79. The number of para-hydroxylation sites is 1.